The Balaban J connectivity index is 1.52. The van der Waals surface area contributed by atoms with Crippen molar-refractivity contribution < 1.29 is 23.5 Å². The third-order valence-electron chi connectivity index (χ3n) is 7.28. The van der Waals surface area contributed by atoms with Gasteiger partial charge in [0.2, 0.25) is 11.8 Å². The number of likely N-dealkylation sites (tertiary alicyclic amines) is 1. The first-order valence-electron chi connectivity index (χ1n) is 14.1. The number of benzene rings is 2. The lowest BCUT2D eigenvalue weighted by Crippen LogP contribution is -2.56. The van der Waals surface area contributed by atoms with Crippen LogP contribution in [-0.2, 0) is 25.7 Å². The molecule has 1 aliphatic heterocycles. The van der Waals surface area contributed by atoms with Gasteiger partial charge in [0.25, 0.3) is 5.91 Å². The molecule has 1 saturated heterocycles. The molecule has 10 nitrogen and oxygen atoms in total. The maximum Gasteiger partial charge on any atom is 0.250 e. The lowest BCUT2D eigenvalue weighted by molar-refractivity contribution is -0.135. The summed E-state index contributed by atoms with van der Waals surface area (Å²) in [6.07, 6.45) is 4.62. The molecule has 0 aliphatic carbocycles. The van der Waals surface area contributed by atoms with Crippen molar-refractivity contribution >= 4 is 23.5 Å². The topological polar surface area (TPSA) is 132 Å². The van der Waals surface area contributed by atoms with E-state index in [4.69, 9.17) is 10.5 Å². The van der Waals surface area contributed by atoms with Crippen LogP contribution in [0.25, 0.3) is 0 Å². The lowest BCUT2D eigenvalue weighted by atomic mass is 9.97. The fourth-order valence-electron chi connectivity index (χ4n) is 4.67. The van der Waals surface area contributed by atoms with Crippen LogP contribution in [0.15, 0.2) is 67.1 Å². The molecule has 224 valence electrons. The van der Waals surface area contributed by atoms with Gasteiger partial charge in [-0.1, -0.05) is 55.5 Å². The average Bonchev–Trinajstić information content (AvgIpc) is 3.41. The van der Waals surface area contributed by atoms with E-state index in [0.717, 1.165) is 18.4 Å². The molecule has 3 aromatic rings. The molecular formula is C31H39FN6O4. The molecule has 1 aliphatic rings. The number of piperidine rings is 1. The van der Waals surface area contributed by atoms with Gasteiger partial charge in [-0.05, 0) is 44.2 Å². The first kappa shape index (κ1) is 30.9. The first-order chi connectivity index (χ1) is 20.0. The maximum atomic E-state index is 15.0. The third-order valence-corrected chi connectivity index (χ3v) is 7.28. The van der Waals surface area contributed by atoms with Gasteiger partial charge in [-0.3, -0.25) is 14.4 Å². The highest BCUT2D eigenvalue weighted by Gasteiger charge is 2.32. The number of nitrogens with two attached hydrogens (primary N) is 1. The normalized spacial score (nSPS) is 15.6. The molecule has 0 saturated carbocycles. The number of nitrogens with zero attached hydrogens (tertiary/aromatic N) is 3. The summed E-state index contributed by atoms with van der Waals surface area (Å²) in [6.45, 7) is 6.52. The van der Waals surface area contributed by atoms with Gasteiger partial charge in [-0.15, -0.1) is 0 Å². The molecule has 2 heterocycles. The number of aromatic nitrogens is 2. The second kappa shape index (κ2) is 13.7. The van der Waals surface area contributed by atoms with E-state index in [9.17, 15) is 18.8 Å². The Bertz CT molecular complexity index is 1370. The van der Waals surface area contributed by atoms with Crippen molar-refractivity contribution in [3.05, 3.63) is 84.1 Å². The molecule has 0 radical (unpaired) electrons. The van der Waals surface area contributed by atoms with E-state index >= 15 is 0 Å². The van der Waals surface area contributed by atoms with E-state index in [1.807, 2.05) is 30.3 Å². The summed E-state index contributed by atoms with van der Waals surface area (Å²) in [4.78, 5) is 45.6. The zero-order valence-corrected chi connectivity index (χ0v) is 24.3. The van der Waals surface area contributed by atoms with E-state index < -0.39 is 35.3 Å². The molecular weight excluding hydrogens is 539 g/mol. The Labute approximate surface area is 245 Å². The SMILES string of the molecule is CC1CCN(C(=O)C(c2ccccc2F)n2cnc(NC(=O)[C@@H](COCc3ccccc3)NC(=O)C(C)(C)N)c2)CC1. The van der Waals surface area contributed by atoms with Gasteiger partial charge in [0, 0.05) is 24.8 Å². The van der Waals surface area contributed by atoms with E-state index in [-0.39, 0.29) is 30.5 Å². The Hall–Kier alpha value is -4.09. The van der Waals surface area contributed by atoms with Crippen molar-refractivity contribution in [3.63, 3.8) is 0 Å². The highest BCUT2D eigenvalue weighted by atomic mass is 19.1. The van der Waals surface area contributed by atoms with Crippen LogP contribution < -0.4 is 16.4 Å². The number of amides is 3. The minimum Gasteiger partial charge on any atom is -0.374 e. The van der Waals surface area contributed by atoms with Crippen LogP contribution in [-0.4, -0.2) is 63.4 Å². The quantitative estimate of drug-likeness (QED) is 0.320. The highest BCUT2D eigenvalue weighted by molar-refractivity contribution is 5.98. The van der Waals surface area contributed by atoms with Crippen LogP contribution in [0.5, 0.6) is 0 Å². The number of carbonyl (C=O) groups excluding carboxylic acids is 3. The minimum atomic E-state index is -1.22. The van der Waals surface area contributed by atoms with Crippen LogP contribution in [0.3, 0.4) is 0 Å². The van der Waals surface area contributed by atoms with Crippen molar-refractivity contribution in [1.82, 2.24) is 19.8 Å². The number of halogens is 1. The molecule has 2 atom stereocenters. The second-order valence-electron chi connectivity index (χ2n) is 11.4. The van der Waals surface area contributed by atoms with Crippen molar-refractivity contribution in [2.45, 2.75) is 57.8 Å². The van der Waals surface area contributed by atoms with E-state index in [2.05, 4.69) is 22.5 Å². The number of nitrogens with one attached hydrogen (secondary N) is 2. The lowest BCUT2D eigenvalue weighted by Gasteiger charge is -2.33. The smallest absolute Gasteiger partial charge is 0.250 e. The summed E-state index contributed by atoms with van der Waals surface area (Å²) in [6, 6.07) is 13.5. The number of hydrogen-bond donors (Lipinski definition) is 3. The van der Waals surface area contributed by atoms with E-state index in [0.29, 0.717) is 19.0 Å². The molecule has 42 heavy (non-hydrogen) atoms. The largest absolute Gasteiger partial charge is 0.374 e. The maximum absolute atomic E-state index is 15.0. The Morgan fingerprint density at radius 2 is 1.76 bits per heavy atom. The summed E-state index contributed by atoms with van der Waals surface area (Å²) in [5.74, 6) is -1.21. The Morgan fingerprint density at radius 3 is 2.43 bits per heavy atom. The van der Waals surface area contributed by atoms with Gasteiger partial charge < -0.3 is 30.6 Å². The molecule has 0 spiro atoms. The van der Waals surface area contributed by atoms with Crippen LogP contribution in [0.2, 0.25) is 0 Å². The van der Waals surface area contributed by atoms with Gasteiger partial charge in [-0.2, -0.15) is 0 Å². The first-order valence-corrected chi connectivity index (χ1v) is 14.1. The summed E-state index contributed by atoms with van der Waals surface area (Å²) in [5.41, 5.74) is 5.83. The van der Waals surface area contributed by atoms with E-state index in [1.54, 1.807) is 23.1 Å². The third kappa shape index (κ3) is 8.01. The minimum absolute atomic E-state index is 0.118. The Morgan fingerprint density at radius 1 is 1.10 bits per heavy atom. The number of anilines is 1. The van der Waals surface area contributed by atoms with Gasteiger partial charge in [0.1, 0.15) is 17.9 Å². The zero-order chi connectivity index (χ0) is 30.3. The van der Waals surface area contributed by atoms with Crippen LogP contribution in [0.4, 0.5) is 10.2 Å². The fraction of sp³-hybridized carbons (Fsp3) is 0.419. The predicted molar refractivity (Wildman–Crippen MR) is 157 cm³/mol. The van der Waals surface area contributed by atoms with Crippen molar-refractivity contribution in [2.75, 3.05) is 25.0 Å². The monoisotopic (exact) mass is 578 g/mol. The molecule has 1 aromatic heterocycles. The number of ether oxygens (including phenoxy) is 1. The fourth-order valence-corrected chi connectivity index (χ4v) is 4.67. The molecule has 3 amide bonds. The molecule has 4 rings (SSSR count). The van der Waals surface area contributed by atoms with Gasteiger partial charge in [0.05, 0.1) is 25.1 Å². The number of imidazole rings is 1. The number of hydrogen-bond acceptors (Lipinski definition) is 6. The van der Waals surface area contributed by atoms with Crippen molar-refractivity contribution in [2.24, 2.45) is 11.7 Å². The summed E-state index contributed by atoms with van der Waals surface area (Å²) < 4.78 is 22.2. The van der Waals surface area contributed by atoms with Gasteiger partial charge in [-0.25, -0.2) is 9.37 Å². The van der Waals surface area contributed by atoms with E-state index in [1.165, 1.54) is 37.0 Å². The average molecular weight is 579 g/mol. The number of carbonyl (C=O) groups is 3. The van der Waals surface area contributed by atoms with Crippen molar-refractivity contribution in [3.8, 4) is 0 Å². The molecule has 11 heteroatoms. The second-order valence-corrected chi connectivity index (χ2v) is 11.4. The Kier molecular flexibility index (Phi) is 10.1. The van der Waals surface area contributed by atoms with Gasteiger partial charge in [0.15, 0.2) is 5.82 Å². The zero-order valence-electron chi connectivity index (χ0n) is 24.3. The molecule has 0 bridgehead atoms. The standard InChI is InChI=1S/C31H39FN6O4/c1-21-13-15-37(16-14-21)29(40)27(23-11-7-8-12-24(23)32)38-17-26(34-20-38)36-28(39)25(35-30(41)31(2,3)33)19-42-18-22-9-5-4-6-10-22/h4-12,17,20-21,25,27H,13-16,18-19,33H2,1-3H3,(H,35,41)(H,36,39)/t25-,27?/m1/s1. The van der Waals surface area contributed by atoms with Crippen LogP contribution in [0, 0.1) is 11.7 Å². The highest BCUT2D eigenvalue weighted by Crippen LogP contribution is 2.27. The van der Waals surface area contributed by atoms with Gasteiger partial charge >= 0.3 is 0 Å². The van der Waals surface area contributed by atoms with Crippen LogP contribution in [0.1, 0.15) is 50.8 Å². The number of rotatable bonds is 11. The molecule has 2 aromatic carbocycles. The molecule has 1 fully saturated rings. The van der Waals surface area contributed by atoms with Crippen LogP contribution >= 0.6 is 0 Å². The summed E-state index contributed by atoms with van der Waals surface area (Å²) >= 11 is 0. The summed E-state index contributed by atoms with van der Waals surface area (Å²) in [5, 5.41) is 5.33. The van der Waals surface area contributed by atoms with Crippen molar-refractivity contribution in [1.29, 1.82) is 0 Å². The summed E-state index contributed by atoms with van der Waals surface area (Å²) in [7, 11) is 0. The molecule has 1 unspecified atom stereocenters. The molecule has 4 N–H and O–H groups in total. The predicted octanol–water partition coefficient (Wildman–Crippen LogP) is 3.25.